The molecule has 5 aromatic carbocycles. The van der Waals surface area contributed by atoms with Crippen LogP contribution in [0.25, 0.3) is 0 Å². The summed E-state index contributed by atoms with van der Waals surface area (Å²) in [6.07, 6.45) is 1.86. The average Bonchev–Trinajstić information content (AvgIpc) is 3.31. The maximum atomic E-state index is 9.26. The Bertz CT molecular complexity index is 2290. The van der Waals surface area contributed by atoms with Gasteiger partial charge < -0.3 is 35.6 Å². The van der Waals surface area contributed by atoms with Crippen LogP contribution < -0.4 is 127 Å². The van der Waals surface area contributed by atoms with Gasteiger partial charge in [-0.1, -0.05) is 97.8 Å². The average molecular weight is 2100 g/mol. The van der Waals surface area contributed by atoms with E-state index in [-0.39, 0.29) is 139 Å². The molecule has 0 heterocycles. The number of carbonyl (C=O) groups is 1. The van der Waals surface area contributed by atoms with Crippen molar-refractivity contribution in [1.29, 1.82) is 0 Å². The third-order valence-corrected chi connectivity index (χ3v) is 74.5. The molecule has 0 aromatic heterocycles. The number of hydrogen-bond donors (Lipinski definition) is 1. The number of phenolic OH excluding ortho intramolecular Hbond substituents is 1. The number of benzene rings is 5. The predicted octanol–water partition coefficient (Wildman–Crippen LogP) is 16.6. The largest absolute Gasteiger partial charge is 1.00 e. The number of halogens is 12. The molecule has 0 aliphatic heterocycles. The van der Waals surface area contributed by atoms with E-state index in [9.17, 15) is 5.11 Å². The first-order chi connectivity index (χ1) is 35.2. The first-order valence-corrected chi connectivity index (χ1v) is 49.7. The van der Waals surface area contributed by atoms with Crippen LogP contribution in [0.2, 0.25) is 25.1 Å². The molecule has 8 nitrogen and oxygen atoms in total. The topological polar surface area (TPSA) is 107 Å². The Morgan fingerprint density at radius 2 is 0.792 bits per heavy atom. The van der Waals surface area contributed by atoms with Gasteiger partial charge in [-0.25, -0.2) is 0 Å². The fraction of sp³-hybridized carbons (Fsp3) is 0.295. The van der Waals surface area contributed by atoms with Gasteiger partial charge in [-0.15, -0.1) is 53.6 Å². The van der Waals surface area contributed by atoms with Crippen LogP contribution in [-0.2, 0) is 9.68 Å². The van der Waals surface area contributed by atoms with Crippen LogP contribution in [-0.4, -0.2) is 48.7 Å². The van der Waals surface area contributed by atoms with E-state index < -0.39 is 0 Å². The zero-order valence-corrected chi connectivity index (χ0v) is 78.1. The summed E-state index contributed by atoms with van der Waals surface area (Å²) in [5.41, 5.74) is 4.99. The molecular weight excluding hydrogens is 2050 g/mol. The summed E-state index contributed by atoms with van der Waals surface area (Å²) >= 11 is 47.2. The molecule has 5 aromatic rings. The summed E-state index contributed by atoms with van der Waals surface area (Å²) < 4.78 is 28.3. The molecule has 8 atom stereocenters. The van der Waals surface area contributed by atoms with Gasteiger partial charge in [-0.05, 0) is 277 Å². The minimum atomic E-state index is -0.181. The first kappa shape index (κ1) is 89.8. The fourth-order valence-corrected chi connectivity index (χ4v) is 107. The van der Waals surface area contributed by atoms with E-state index in [1.165, 1.54) is 0 Å². The minimum Gasteiger partial charge on any atom is -1.00 e. The standard InChI is InChI=1S/C18H18Cl2I2O2.C16H14Cl2I2O2.C7H6ClIO.C2H4Br2.CH2O3.2K.H13P11.H/c1-11-7-13(19)9-15(21)17(11)23-5-3-4-6-24-18-12(2)8-14(20)10-16(18)22;1-9-5-11(17)7-13(19)15(9)21-3-4-22-16-10(2)6-12(18)8-14(16)20;1-4-2-5(8)3-6(9)7(4)10;3-1-2-4;2-1-4-3;;;1-7-10(6)11(8(2)3)9(4)5;/h7-10H,3-6H2,1-2H3;5-8H,3-4H2,1-2H3;2-3,10H,1H3;1-2H2;1,3H;;;7H,1-6H2;/q;;;;;2*+1;;-1/p-1. The molecule has 0 amide bonds. The second kappa shape index (κ2) is 53.0. The van der Waals surface area contributed by atoms with E-state index in [0.29, 0.717) is 37.2 Å². The maximum absolute atomic E-state index is 9.26. The van der Waals surface area contributed by atoms with Gasteiger partial charge in [-0.3, -0.25) is 4.79 Å². The van der Waals surface area contributed by atoms with Crippen LogP contribution in [0.4, 0.5) is 0 Å². The van der Waals surface area contributed by atoms with E-state index in [1.54, 1.807) is 12.1 Å². The number of ether oxygens (including phenoxy) is 4. The Labute approximate surface area is 673 Å². The van der Waals surface area contributed by atoms with E-state index in [2.05, 4.69) is 181 Å². The quantitative estimate of drug-likeness (QED) is 0.0135. The second-order valence-electron chi connectivity index (χ2n) is 14.4. The Morgan fingerprint density at radius 3 is 0.987 bits per heavy atom. The number of rotatable bonds is 18. The van der Waals surface area contributed by atoms with Crippen molar-refractivity contribution in [3.05, 3.63) is 131 Å². The molecule has 0 bridgehead atoms. The molecule has 0 fully saturated rings. The second-order valence-corrected chi connectivity index (χ2v) is 63.0. The van der Waals surface area contributed by atoms with E-state index in [4.69, 9.17) is 87.0 Å². The number of unbranched alkanes of at least 4 members (excludes halogenated alkanes) is 1. The fourth-order valence-electron chi connectivity index (χ4n) is 5.42. The van der Waals surface area contributed by atoms with Gasteiger partial charge in [-0.2, -0.15) is 0 Å². The molecule has 77 heavy (non-hydrogen) atoms. The van der Waals surface area contributed by atoms with Gasteiger partial charge >= 0.3 is 103 Å². The number of hydrogen-bond acceptors (Lipinski definition) is 8. The number of alkyl halides is 2. The molecule has 0 aliphatic carbocycles. The molecule has 33 heteroatoms. The Morgan fingerprint density at radius 1 is 0.545 bits per heavy atom. The number of phenols is 1. The molecule has 0 spiro atoms. The van der Waals surface area contributed by atoms with Crippen LogP contribution in [0, 0.1) is 52.5 Å². The SMILES string of the molecule is BrCCBr.Cc1cc(Cl)cc(I)c1O.Cc1cc(Cl)cc(I)c1OCCCCOc1c(C)cc(Cl)cc1I.Cc1cc(Cl)cc(I)c1OCCOc1c(C)cc(Cl)cc1I.O=CO[O-].PPP(P)P(P(P)P)P(P)P.[H-].[K+].[K+]. The zero-order chi connectivity index (χ0) is 57.5. The van der Waals surface area contributed by atoms with E-state index >= 15 is 0 Å². The zero-order valence-electron chi connectivity index (χ0n) is 43.6. The third kappa shape index (κ3) is 39.7. The van der Waals surface area contributed by atoms with Gasteiger partial charge in [0.1, 0.15) is 42.0 Å². The van der Waals surface area contributed by atoms with Crippen molar-refractivity contribution < 1.29 is 143 Å². The summed E-state index contributed by atoms with van der Waals surface area (Å²) in [4.78, 5) is 11.2. The van der Waals surface area contributed by atoms with Crippen molar-refractivity contribution in [2.45, 2.75) is 47.5 Å². The van der Waals surface area contributed by atoms with Crippen LogP contribution in [0.5, 0.6) is 28.7 Å². The van der Waals surface area contributed by atoms with Crippen molar-refractivity contribution in [3.63, 3.8) is 0 Å². The summed E-state index contributed by atoms with van der Waals surface area (Å²) in [5, 5.41) is 23.4. The van der Waals surface area contributed by atoms with Gasteiger partial charge in [0, 0.05) is 35.8 Å². The predicted molar refractivity (Wildman–Crippen MR) is 408 cm³/mol. The van der Waals surface area contributed by atoms with Crippen LogP contribution in [0.1, 0.15) is 42.1 Å². The van der Waals surface area contributed by atoms with Gasteiger partial charge in [0.15, 0.2) is 0 Å². The summed E-state index contributed by atoms with van der Waals surface area (Å²) in [6.45, 7) is 12.7. The summed E-state index contributed by atoms with van der Waals surface area (Å²) in [5.74, 6) is 3.88. The van der Waals surface area contributed by atoms with Crippen LogP contribution in [0.3, 0.4) is 0 Å². The molecular formula is C44H57Br2Cl5I5K2O8P11. The first-order valence-electron chi connectivity index (χ1n) is 20.9. The number of aromatic hydroxyl groups is 1. The third-order valence-electron chi connectivity index (χ3n) is 8.45. The minimum absolute atomic E-state index is 0. The smallest absolute Gasteiger partial charge is 1.00 e. The van der Waals surface area contributed by atoms with Crippen LogP contribution >= 0.6 is 292 Å². The normalized spacial score (nSPS) is 10.6. The van der Waals surface area contributed by atoms with Crippen molar-refractivity contribution in [1.82, 2.24) is 0 Å². The van der Waals surface area contributed by atoms with Gasteiger partial charge in [0.05, 0.1) is 31.1 Å². The Hall–Kier alpha value is 8.59. The molecule has 0 radical (unpaired) electrons. The van der Waals surface area contributed by atoms with Gasteiger partial charge in [0.25, 0.3) is 6.47 Å². The van der Waals surface area contributed by atoms with Crippen molar-refractivity contribution in [2.24, 2.45) is 0 Å². The molecule has 5 rings (SSSR count). The summed E-state index contributed by atoms with van der Waals surface area (Å²) in [7, 11) is 18.9. The van der Waals surface area contributed by atoms with Gasteiger partial charge in [0.2, 0.25) is 0 Å². The van der Waals surface area contributed by atoms with E-state index in [1.807, 2.05) is 106 Å². The molecule has 422 valence electrons. The monoisotopic (exact) mass is 2100 g/mol. The Balaban J connectivity index is -0.000000463. The Kier molecular flexibility index (Phi) is 61.8. The molecule has 0 aliphatic rings. The number of carbonyl (C=O) groups excluding carboxylic acids is 1. The number of aryl methyl sites for hydroxylation is 5. The molecule has 1 N–H and O–H groups in total. The maximum Gasteiger partial charge on any atom is 1.00 e. The molecule has 0 saturated carbocycles. The van der Waals surface area contributed by atoms with E-state index in [0.717, 1.165) is 120 Å². The van der Waals surface area contributed by atoms with Crippen LogP contribution in [0.15, 0.2) is 60.7 Å². The molecule has 0 saturated heterocycles. The summed E-state index contributed by atoms with van der Waals surface area (Å²) in [6, 6.07) is 18.7. The van der Waals surface area contributed by atoms with Crippen molar-refractivity contribution in [2.75, 3.05) is 37.1 Å². The molecule has 8 unspecified atom stereocenters. The van der Waals surface area contributed by atoms with Crippen molar-refractivity contribution >= 4 is 299 Å². The van der Waals surface area contributed by atoms with Crippen molar-refractivity contribution in [3.8, 4) is 28.7 Å².